The Morgan fingerprint density at radius 2 is 1.68 bits per heavy atom. The number of amides is 2. The molecule has 0 bridgehead atoms. The molecule has 1 heterocycles. The zero-order chi connectivity index (χ0) is 23.9. The molecule has 2 aromatic rings. The molecule has 7 heteroatoms. The summed E-state index contributed by atoms with van der Waals surface area (Å²) in [4.78, 5) is 29.6. The Kier molecular flexibility index (Phi) is 7.93. The fraction of sp³-hybridized carbons (Fsp3) is 0.481. The Hall–Kier alpha value is -3.22. The number of hydrogen-bond donors (Lipinski definition) is 2. The van der Waals surface area contributed by atoms with Gasteiger partial charge in [-0.2, -0.15) is 0 Å². The molecule has 182 valence electrons. The Bertz CT molecular complexity index is 978. The number of carbonyl (C=O) groups is 2. The highest BCUT2D eigenvalue weighted by molar-refractivity contribution is 5.95. The van der Waals surface area contributed by atoms with Gasteiger partial charge in [0.2, 0.25) is 5.91 Å². The maximum absolute atomic E-state index is 12.8. The van der Waals surface area contributed by atoms with Crippen molar-refractivity contribution < 1.29 is 14.3 Å². The summed E-state index contributed by atoms with van der Waals surface area (Å²) < 4.78 is 5.23. The molecule has 1 aliphatic carbocycles. The van der Waals surface area contributed by atoms with E-state index in [4.69, 9.17) is 4.74 Å². The van der Waals surface area contributed by atoms with Gasteiger partial charge in [0.1, 0.15) is 5.75 Å². The van der Waals surface area contributed by atoms with Crippen LogP contribution in [0.15, 0.2) is 42.5 Å². The minimum absolute atomic E-state index is 0.00708. The fourth-order valence-corrected chi connectivity index (χ4v) is 4.81. The molecule has 2 aromatic carbocycles. The molecule has 0 aromatic heterocycles. The van der Waals surface area contributed by atoms with E-state index < -0.39 is 0 Å². The highest BCUT2D eigenvalue weighted by Gasteiger charge is 2.22. The van der Waals surface area contributed by atoms with Gasteiger partial charge >= 0.3 is 0 Å². The summed E-state index contributed by atoms with van der Waals surface area (Å²) in [7, 11) is 1.66. The Labute approximate surface area is 202 Å². The fourth-order valence-electron chi connectivity index (χ4n) is 4.81. The van der Waals surface area contributed by atoms with E-state index in [1.165, 1.54) is 19.3 Å². The van der Waals surface area contributed by atoms with Crippen LogP contribution >= 0.6 is 0 Å². The summed E-state index contributed by atoms with van der Waals surface area (Å²) in [6.07, 6.45) is 5.79. The van der Waals surface area contributed by atoms with Crippen molar-refractivity contribution in [2.24, 2.45) is 0 Å². The molecule has 2 fully saturated rings. The van der Waals surface area contributed by atoms with Gasteiger partial charge in [-0.3, -0.25) is 9.59 Å². The lowest BCUT2D eigenvalue weighted by molar-refractivity contribution is -0.129. The number of hydrogen-bond acceptors (Lipinski definition) is 5. The van der Waals surface area contributed by atoms with E-state index >= 15 is 0 Å². The van der Waals surface area contributed by atoms with Crippen LogP contribution in [0.3, 0.4) is 0 Å². The second-order valence-electron chi connectivity index (χ2n) is 9.26. The lowest BCUT2D eigenvalue weighted by Crippen LogP contribution is -2.50. The van der Waals surface area contributed by atoms with Crippen LogP contribution in [0.4, 0.5) is 11.4 Å². The zero-order valence-electron chi connectivity index (χ0n) is 20.3. The molecule has 1 saturated heterocycles. The van der Waals surface area contributed by atoms with E-state index in [1.54, 1.807) is 7.11 Å². The van der Waals surface area contributed by atoms with Crippen LogP contribution < -0.4 is 20.3 Å². The number of benzene rings is 2. The number of aryl methyl sites for hydroxylation is 1. The van der Waals surface area contributed by atoms with Crippen molar-refractivity contribution >= 4 is 23.2 Å². The average Bonchev–Trinajstić information content (AvgIpc) is 2.88. The third-order valence-electron chi connectivity index (χ3n) is 6.93. The standard InChI is InChI=1S/C27H36N4O3/c1-20-18-21(27(33)29-22-6-4-3-5-7-22)8-13-25(20)28-19-26(32)31-16-14-30(15-17-31)23-9-11-24(34-2)12-10-23/h8-13,18,22,28H,3-7,14-17,19H2,1-2H3,(H,29,33). The number of piperazine rings is 1. The molecule has 1 saturated carbocycles. The normalized spacial score (nSPS) is 16.8. The number of anilines is 2. The maximum Gasteiger partial charge on any atom is 0.251 e. The number of ether oxygens (including phenoxy) is 1. The molecule has 2 amide bonds. The van der Waals surface area contributed by atoms with Crippen molar-refractivity contribution in [3.63, 3.8) is 0 Å². The van der Waals surface area contributed by atoms with Crippen LogP contribution in [0.2, 0.25) is 0 Å². The van der Waals surface area contributed by atoms with E-state index in [0.29, 0.717) is 24.7 Å². The van der Waals surface area contributed by atoms with Crippen molar-refractivity contribution in [2.45, 2.75) is 45.1 Å². The number of rotatable bonds is 7. The predicted octanol–water partition coefficient (Wildman–Crippen LogP) is 3.83. The first-order chi connectivity index (χ1) is 16.5. The van der Waals surface area contributed by atoms with Gasteiger partial charge in [-0.25, -0.2) is 0 Å². The van der Waals surface area contributed by atoms with Gasteiger partial charge < -0.3 is 25.2 Å². The van der Waals surface area contributed by atoms with E-state index in [0.717, 1.165) is 48.6 Å². The Balaban J connectivity index is 1.24. The van der Waals surface area contributed by atoms with Crippen molar-refractivity contribution in [3.05, 3.63) is 53.6 Å². The zero-order valence-corrected chi connectivity index (χ0v) is 20.3. The Morgan fingerprint density at radius 3 is 2.32 bits per heavy atom. The van der Waals surface area contributed by atoms with Gasteiger partial charge in [-0.15, -0.1) is 0 Å². The maximum atomic E-state index is 12.8. The van der Waals surface area contributed by atoms with Crippen LogP contribution in [0, 0.1) is 6.92 Å². The summed E-state index contributed by atoms with van der Waals surface area (Å²) in [5.41, 5.74) is 3.68. The molecule has 0 radical (unpaired) electrons. The summed E-state index contributed by atoms with van der Waals surface area (Å²) in [6, 6.07) is 14.0. The smallest absolute Gasteiger partial charge is 0.251 e. The molecule has 4 rings (SSSR count). The molecule has 7 nitrogen and oxygen atoms in total. The van der Waals surface area contributed by atoms with E-state index in [1.807, 2.05) is 42.2 Å². The van der Waals surface area contributed by atoms with Crippen LogP contribution in [-0.4, -0.2) is 62.6 Å². The molecule has 2 aliphatic rings. The average molecular weight is 465 g/mol. The highest BCUT2D eigenvalue weighted by atomic mass is 16.5. The topological polar surface area (TPSA) is 73.9 Å². The first-order valence-electron chi connectivity index (χ1n) is 12.4. The lowest BCUT2D eigenvalue weighted by Gasteiger charge is -2.36. The first kappa shape index (κ1) is 23.9. The number of carbonyl (C=O) groups excluding carboxylic acids is 2. The van der Waals surface area contributed by atoms with Crippen LogP contribution in [0.5, 0.6) is 5.75 Å². The molecule has 2 N–H and O–H groups in total. The second-order valence-corrected chi connectivity index (χ2v) is 9.26. The highest BCUT2D eigenvalue weighted by Crippen LogP contribution is 2.22. The largest absolute Gasteiger partial charge is 0.497 e. The van der Waals surface area contributed by atoms with Crippen LogP contribution in [0.1, 0.15) is 48.0 Å². The van der Waals surface area contributed by atoms with E-state index in [-0.39, 0.29) is 18.4 Å². The SMILES string of the molecule is COc1ccc(N2CCN(C(=O)CNc3ccc(C(=O)NC4CCCCC4)cc3C)CC2)cc1. The van der Waals surface area contributed by atoms with Crippen molar-refractivity contribution in [2.75, 3.05) is 50.1 Å². The number of nitrogens with zero attached hydrogens (tertiary/aromatic N) is 2. The van der Waals surface area contributed by atoms with Crippen molar-refractivity contribution in [1.29, 1.82) is 0 Å². The summed E-state index contributed by atoms with van der Waals surface area (Å²) >= 11 is 0. The predicted molar refractivity (Wildman–Crippen MR) is 136 cm³/mol. The molecular formula is C27H36N4O3. The Morgan fingerprint density at radius 1 is 0.971 bits per heavy atom. The van der Waals surface area contributed by atoms with E-state index in [2.05, 4.69) is 27.7 Å². The monoisotopic (exact) mass is 464 g/mol. The summed E-state index contributed by atoms with van der Waals surface area (Å²) in [6.45, 7) is 5.23. The van der Waals surface area contributed by atoms with Gasteiger partial charge in [0.15, 0.2) is 0 Å². The van der Waals surface area contributed by atoms with Gasteiger partial charge in [0.05, 0.1) is 13.7 Å². The third-order valence-corrected chi connectivity index (χ3v) is 6.93. The van der Waals surface area contributed by atoms with Crippen LogP contribution in [-0.2, 0) is 4.79 Å². The van der Waals surface area contributed by atoms with Crippen molar-refractivity contribution in [1.82, 2.24) is 10.2 Å². The molecule has 0 atom stereocenters. The van der Waals surface area contributed by atoms with Gasteiger partial charge in [0, 0.05) is 49.2 Å². The van der Waals surface area contributed by atoms with Gasteiger partial charge in [0.25, 0.3) is 5.91 Å². The third kappa shape index (κ3) is 6.01. The minimum Gasteiger partial charge on any atom is -0.497 e. The number of nitrogens with one attached hydrogen (secondary N) is 2. The van der Waals surface area contributed by atoms with Crippen molar-refractivity contribution in [3.8, 4) is 5.75 Å². The number of methoxy groups -OCH3 is 1. The van der Waals surface area contributed by atoms with Gasteiger partial charge in [-0.1, -0.05) is 19.3 Å². The molecule has 34 heavy (non-hydrogen) atoms. The molecular weight excluding hydrogens is 428 g/mol. The van der Waals surface area contributed by atoms with E-state index in [9.17, 15) is 9.59 Å². The molecule has 0 spiro atoms. The first-order valence-corrected chi connectivity index (χ1v) is 12.4. The second kappa shape index (κ2) is 11.3. The summed E-state index contributed by atoms with van der Waals surface area (Å²) in [5.74, 6) is 0.928. The summed E-state index contributed by atoms with van der Waals surface area (Å²) in [5, 5.41) is 6.43. The van der Waals surface area contributed by atoms with Crippen LogP contribution in [0.25, 0.3) is 0 Å². The quantitative estimate of drug-likeness (QED) is 0.652. The molecule has 1 aliphatic heterocycles. The van der Waals surface area contributed by atoms with Gasteiger partial charge in [-0.05, 0) is 67.8 Å². The minimum atomic E-state index is -0.00708. The lowest BCUT2D eigenvalue weighted by atomic mass is 9.95. The molecule has 0 unspecified atom stereocenters.